The molecule has 41 heavy (non-hydrogen) atoms. The Labute approximate surface area is 240 Å². The highest BCUT2D eigenvalue weighted by Crippen LogP contribution is 2.57. The van der Waals surface area contributed by atoms with E-state index in [1.807, 2.05) is 0 Å². The monoisotopic (exact) mass is 560 g/mol. The Morgan fingerprint density at radius 3 is 1.95 bits per heavy atom. The largest absolute Gasteiger partial charge is 0.479 e. The maximum Gasteiger partial charge on any atom is 0.330 e. The Morgan fingerprint density at radius 2 is 1.44 bits per heavy atom. The highest BCUT2D eigenvalue weighted by atomic mass is 32.1. The molecule has 2 amide bonds. The molecule has 2 heterocycles. The van der Waals surface area contributed by atoms with Crippen molar-refractivity contribution in [3.05, 3.63) is 124 Å². The topological polar surface area (TPSA) is 134 Å². The van der Waals surface area contributed by atoms with E-state index in [2.05, 4.69) is 17.5 Å². The Bertz CT molecular complexity index is 1670. The zero-order valence-corrected chi connectivity index (χ0v) is 22.7. The van der Waals surface area contributed by atoms with Crippen LogP contribution in [-0.4, -0.2) is 33.3 Å². The number of rotatable bonds is 6. The normalized spacial score (nSPS) is 21.4. The van der Waals surface area contributed by atoms with Crippen LogP contribution in [0.4, 0.5) is 10.5 Å². The summed E-state index contributed by atoms with van der Waals surface area (Å²) in [6.07, 6.45) is 0. The molecule has 3 aromatic carbocycles. The number of thiophene rings is 1. The van der Waals surface area contributed by atoms with Crippen molar-refractivity contribution in [3.63, 3.8) is 0 Å². The van der Waals surface area contributed by atoms with Crippen molar-refractivity contribution in [1.29, 1.82) is 10.5 Å². The molecule has 1 saturated heterocycles. The fourth-order valence-corrected chi connectivity index (χ4v) is 6.41. The Kier molecular flexibility index (Phi) is 7.39. The van der Waals surface area contributed by atoms with Crippen molar-refractivity contribution in [2.75, 3.05) is 5.32 Å². The van der Waals surface area contributed by atoms with Crippen LogP contribution in [0.25, 0.3) is 0 Å². The molecule has 4 unspecified atom stereocenters. The van der Waals surface area contributed by atoms with Crippen molar-refractivity contribution in [3.8, 4) is 12.1 Å². The van der Waals surface area contributed by atoms with Gasteiger partial charge in [0.2, 0.25) is 0 Å². The van der Waals surface area contributed by atoms with Gasteiger partial charge in [0, 0.05) is 11.6 Å². The first-order chi connectivity index (χ1) is 19.8. The average Bonchev–Trinajstić information content (AvgIpc) is 3.63. The van der Waals surface area contributed by atoms with Crippen LogP contribution in [0.15, 0.2) is 96.4 Å². The lowest BCUT2D eigenvalue weighted by molar-refractivity contribution is -0.148. The number of nitriles is 2. The van der Waals surface area contributed by atoms with Gasteiger partial charge in [0.15, 0.2) is 5.78 Å². The predicted octanol–water partition coefficient (Wildman–Crippen LogP) is 6.21. The predicted molar refractivity (Wildman–Crippen MR) is 153 cm³/mol. The van der Waals surface area contributed by atoms with E-state index in [9.17, 15) is 30.0 Å². The number of carboxylic acids is 1. The number of para-hydroxylation sites is 1. The summed E-state index contributed by atoms with van der Waals surface area (Å²) in [5, 5.41) is 34.2. The van der Waals surface area contributed by atoms with E-state index in [4.69, 9.17) is 0 Å². The van der Waals surface area contributed by atoms with Crippen LogP contribution in [0.2, 0.25) is 0 Å². The number of anilines is 1. The molecule has 0 bridgehead atoms. The first kappa shape index (κ1) is 27.3. The third-order valence-corrected chi connectivity index (χ3v) is 8.49. The van der Waals surface area contributed by atoms with Crippen LogP contribution < -0.4 is 5.32 Å². The summed E-state index contributed by atoms with van der Waals surface area (Å²) in [7, 11) is 0. The average molecular weight is 561 g/mol. The number of ketones is 1. The van der Waals surface area contributed by atoms with E-state index in [1.54, 1.807) is 96.4 Å². The number of carboxylic acid groups (broad SMARTS) is 1. The van der Waals surface area contributed by atoms with Gasteiger partial charge >= 0.3 is 12.0 Å². The fourth-order valence-electron chi connectivity index (χ4n) is 5.70. The van der Waals surface area contributed by atoms with Crippen LogP contribution in [-0.2, 0) is 4.79 Å². The number of carbonyl (C=O) groups excluding carboxylic acids is 2. The lowest BCUT2D eigenvalue weighted by Crippen LogP contribution is -2.55. The molecule has 8 nitrogen and oxygen atoms in total. The summed E-state index contributed by atoms with van der Waals surface area (Å²) in [5.41, 5.74) is 0.378. The van der Waals surface area contributed by atoms with Crippen molar-refractivity contribution in [2.45, 2.75) is 24.4 Å². The van der Waals surface area contributed by atoms with Crippen molar-refractivity contribution < 1.29 is 19.5 Å². The molecule has 4 atom stereocenters. The molecule has 2 N–H and O–H groups in total. The van der Waals surface area contributed by atoms with Gasteiger partial charge in [-0.1, -0.05) is 48.5 Å². The third-order valence-electron chi connectivity index (χ3n) is 7.61. The molecule has 1 fully saturated rings. The second-order valence-electron chi connectivity index (χ2n) is 9.88. The number of carbonyl (C=O) groups is 3. The van der Waals surface area contributed by atoms with Crippen molar-refractivity contribution >= 4 is 34.8 Å². The first-order valence-corrected chi connectivity index (χ1v) is 13.6. The van der Waals surface area contributed by atoms with Gasteiger partial charge < -0.3 is 10.4 Å². The van der Waals surface area contributed by atoms with Crippen molar-refractivity contribution in [2.24, 2.45) is 5.92 Å². The summed E-state index contributed by atoms with van der Waals surface area (Å²) in [5.74, 6) is -3.57. The molecule has 1 aromatic heterocycles. The first-order valence-electron chi connectivity index (χ1n) is 12.8. The summed E-state index contributed by atoms with van der Waals surface area (Å²) in [6, 6.07) is 27.5. The zero-order chi connectivity index (χ0) is 29.1. The van der Waals surface area contributed by atoms with Crippen LogP contribution in [0.1, 0.15) is 50.8 Å². The summed E-state index contributed by atoms with van der Waals surface area (Å²) < 4.78 is 0. The molecule has 9 heteroatoms. The van der Waals surface area contributed by atoms with E-state index in [1.165, 1.54) is 23.2 Å². The number of urea groups is 1. The zero-order valence-electron chi connectivity index (χ0n) is 21.9. The molecule has 0 spiro atoms. The van der Waals surface area contributed by atoms with Crippen LogP contribution >= 0.6 is 11.3 Å². The van der Waals surface area contributed by atoms with Gasteiger partial charge in [-0.25, -0.2) is 9.59 Å². The minimum atomic E-state index is -1.89. The van der Waals surface area contributed by atoms with Gasteiger partial charge in [0.25, 0.3) is 0 Å². The van der Waals surface area contributed by atoms with Gasteiger partial charge in [-0.3, -0.25) is 9.69 Å². The minimum Gasteiger partial charge on any atom is -0.479 e. The highest BCUT2D eigenvalue weighted by Gasteiger charge is 2.65. The molecular weight excluding hydrogens is 536 g/mol. The SMILES string of the molecule is CC1(C(=O)O)C(c2ccc(C#N)cc2)C(C(=O)c2cccs2)C(c2ccc(C#N)cc2)N1C(=O)Nc1ccccc1. The third kappa shape index (κ3) is 4.84. The summed E-state index contributed by atoms with van der Waals surface area (Å²) >= 11 is 1.24. The second-order valence-corrected chi connectivity index (χ2v) is 10.8. The van der Waals surface area contributed by atoms with E-state index >= 15 is 0 Å². The number of aliphatic carboxylic acids is 1. The maximum absolute atomic E-state index is 14.3. The maximum atomic E-state index is 14.3. The van der Waals surface area contributed by atoms with Crippen LogP contribution in [0, 0.1) is 28.6 Å². The quantitative estimate of drug-likeness (QED) is 0.269. The number of nitrogens with one attached hydrogen (secondary N) is 1. The molecular formula is C32H24N4O4S. The fraction of sp³-hybridized carbons (Fsp3) is 0.156. The van der Waals surface area contributed by atoms with Gasteiger partial charge in [0.1, 0.15) is 5.54 Å². The molecule has 4 aromatic rings. The lowest BCUT2D eigenvalue weighted by atomic mass is 9.72. The van der Waals surface area contributed by atoms with E-state index < -0.39 is 35.4 Å². The van der Waals surface area contributed by atoms with Gasteiger partial charge in [-0.15, -0.1) is 11.3 Å². The molecule has 5 rings (SSSR count). The van der Waals surface area contributed by atoms with E-state index in [-0.39, 0.29) is 5.78 Å². The van der Waals surface area contributed by atoms with Crippen molar-refractivity contribution in [1.82, 2.24) is 4.90 Å². The molecule has 0 aliphatic carbocycles. The smallest absolute Gasteiger partial charge is 0.330 e. The Hall–Kier alpha value is -5.25. The number of hydrogen-bond acceptors (Lipinski definition) is 6. The molecule has 1 aliphatic heterocycles. The highest BCUT2D eigenvalue weighted by molar-refractivity contribution is 7.12. The minimum absolute atomic E-state index is 0.300. The van der Waals surface area contributed by atoms with Crippen LogP contribution in [0.5, 0.6) is 0 Å². The lowest BCUT2D eigenvalue weighted by Gasteiger charge is -2.37. The number of benzene rings is 3. The van der Waals surface area contributed by atoms with Gasteiger partial charge in [-0.05, 0) is 65.9 Å². The molecule has 202 valence electrons. The summed E-state index contributed by atoms with van der Waals surface area (Å²) in [4.78, 5) is 43.4. The Balaban J connectivity index is 1.77. The molecule has 0 radical (unpaired) electrons. The van der Waals surface area contributed by atoms with E-state index in [0.29, 0.717) is 32.8 Å². The number of amides is 2. The molecule has 1 aliphatic rings. The standard InChI is InChI=1S/C32H24N4O4S/c1-32(30(38)39)27(22-13-9-20(18-33)10-14-22)26(29(37)25-8-5-17-41-25)28(23-15-11-21(19-34)12-16-23)36(32)31(40)35-24-6-3-2-4-7-24/h2-17,26-28H,1H3,(H,35,40)(H,38,39). The number of Topliss-reactive ketones (excluding diaryl/α,β-unsaturated/α-hetero) is 1. The van der Waals surface area contributed by atoms with Crippen LogP contribution in [0.3, 0.4) is 0 Å². The van der Waals surface area contributed by atoms with Gasteiger partial charge in [0.05, 0.1) is 40.1 Å². The number of hydrogen-bond donors (Lipinski definition) is 2. The molecule has 0 saturated carbocycles. The second kappa shape index (κ2) is 11.1. The summed E-state index contributed by atoms with van der Waals surface area (Å²) in [6.45, 7) is 1.46. The van der Waals surface area contributed by atoms with E-state index in [0.717, 1.165) is 0 Å². The van der Waals surface area contributed by atoms with Gasteiger partial charge in [-0.2, -0.15) is 10.5 Å². The number of nitrogens with zero attached hydrogens (tertiary/aromatic N) is 3. The Morgan fingerprint density at radius 1 is 0.854 bits per heavy atom. The number of likely N-dealkylation sites (tertiary alicyclic amines) is 1.